The monoisotopic (exact) mass is 379 g/mol. The summed E-state index contributed by atoms with van der Waals surface area (Å²) in [5, 5.41) is 9.05. The van der Waals surface area contributed by atoms with Crippen LogP contribution >= 0.6 is 15.9 Å². The number of likely N-dealkylation sites (tertiary alicyclic amines) is 1. The second-order valence-electron chi connectivity index (χ2n) is 5.32. The third kappa shape index (κ3) is 3.26. The third-order valence-electron chi connectivity index (χ3n) is 3.73. The summed E-state index contributed by atoms with van der Waals surface area (Å²) in [7, 11) is 0. The number of halogens is 4. The van der Waals surface area contributed by atoms with E-state index in [1.165, 1.54) is 11.0 Å². The van der Waals surface area contributed by atoms with Gasteiger partial charge in [0.2, 0.25) is 0 Å². The van der Waals surface area contributed by atoms with Crippen LogP contribution in [0.25, 0.3) is 0 Å². The number of amides is 1. The number of carboxylic acids is 1. The lowest BCUT2D eigenvalue weighted by Crippen LogP contribution is -2.31. The number of nitrogens with zero attached hydrogens (tertiary/aromatic N) is 1. The van der Waals surface area contributed by atoms with Gasteiger partial charge < -0.3 is 10.0 Å². The molecule has 2 atom stereocenters. The highest BCUT2D eigenvalue weighted by molar-refractivity contribution is 9.10. The van der Waals surface area contributed by atoms with Gasteiger partial charge in [0.05, 0.1) is 17.0 Å². The quantitative estimate of drug-likeness (QED) is 0.857. The van der Waals surface area contributed by atoms with E-state index in [0.29, 0.717) is 0 Å². The van der Waals surface area contributed by atoms with Gasteiger partial charge in [-0.25, -0.2) is 0 Å². The molecule has 22 heavy (non-hydrogen) atoms. The predicted octanol–water partition coefficient (Wildman–Crippen LogP) is 3.26. The van der Waals surface area contributed by atoms with Gasteiger partial charge in [0.1, 0.15) is 0 Å². The van der Waals surface area contributed by atoms with Gasteiger partial charge in [0.15, 0.2) is 0 Å². The SMILES string of the molecule is C[C@@H]1CN(C(=O)c2ccc(Br)cc2C(F)(F)F)C[C@H]1C(=O)O. The number of carboxylic acid groups (broad SMARTS) is 1. The summed E-state index contributed by atoms with van der Waals surface area (Å²) >= 11 is 2.96. The van der Waals surface area contributed by atoms with E-state index in [1.54, 1.807) is 6.92 Å². The third-order valence-corrected chi connectivity index (χ3v) is 4.23. The summed E-state index contributed by atoms with van der Waals surface area (Å²) in [6.07, 6.45) is -4.66. The smallest absolute Gasteiger partial charge is 0.417 e. The molecule has 1 aliphatic heterocycles. The van der Waals surface area contributed by atoms with Gasteiger partial charge >= 0.3 is 12.1 Å². The largest absolute Gasteiger partial charge is 0.481 e. The Labute approximate surface area is 133 Å². The summed E-state index contributed by atoms with van der Waals surface area (Å²) in [4.78, 5) is 24.6. The molecule has 0 bridgehead atoms. The summed E-state index contributed by atoms with van der Waals surface area (Å²) in [5.74, 6) is -2.90. The first-order valence-corrected chi connectivity index (χ1v) is 7.29. The van der Waals surface area contributed by atoms with Crippen LogP contribution in [-0.4, -0.2) is 35.0 Å². The van der Waals surface area contributed by atoms with E-state index < -0.39 is 35.1 Å². The zero-order valence-corrected chi connectivity index (χ0v) is 13.1. The number of carbonyl (C=O) groups excluding carboxylic acids is 1. The Hall–Kier alpha value is -1.57. The lowest BCUT2D eigenvalue weighted by molar-refractivity contribution is -0.142. The van der Waals surface area contributed by atoms with Crippen molar-refractivity contribution in [2.75, 3.05) is 13.1 Å². The van der Waals surface area contributed by atoms with Gasteiger partial charge in [-0.05, 0) is 24.1 Å². The van der Waals surface area contributed by atoms with Crippen molar-refractivity contribution in [1.82, 2.24) is 4.90 Å². The maximum atomic E-state index is 13.1. The molecule has 0 saturated carbocycles. The minimum absolute atomic E-state index is 0.0807. The van der Waals surface area contributed by atoms with Crippen LogP contribution in [-0.2, 0) is 11.0 Å². The van der Waals surface area contributed by atoms with Gasteiger partial charge in [0, 0.05) is 17.6 Å². The van der Waals surface area contributed by atoms with Crippen molar-refractivity contribution in [3.8, 4) is 0 Å². The molecule has 0 radical (unpaired) electrons. The topological polar surface area (TPSA) is 57.6 Å². The van der Waals surface area contributed by atoms with E-state index >= 15 is 0 Å². The summed E-state index contributed by atoms with van der Waals surface area (Å²) in [6.45, 7) is 1.71. The number of hydrogen-bond donors (Lipinski definition) is 1. The number of benzene rings is 1. The Bertz CT molecular complexity index is 618. The maximum Gasteiger partial charge on any atom is 0.417 e. The highest BCUT2D eigenvalue weighted by Gasteiger charge is 2.40. The molecule has 0 aromatic heterocycles. The summed E-state index contributed by atoms with van der Waals surface area (Å²) < 4.78 is 39.4. The van der Waals surface area contributed by atoms with Crippen LogP contribution in [0.15, 0.2) is 22.7 Å². The van der Waals surface area contributed by atoms with Crippen molar-refractivity contribution in [2.45, 2.75) is 13.1 Å². The Morgan fingerprint density at radius 3 is 2.45 bits per heavy atom. The summed E-state index contributed by atoms with van der Waals surface area (Å²) in [6, 6.07) is 3.31. The van der Waals surface area contributed by atoms with Crippen LogP contribution in [0.5, 0.6) is 0 Å². The first-order chi connectivity index (χ1) is 10.1. The number of alkyl halides is 3. The van der Waals surface area contributed by atoms with E-state index in [9.17, 15) is 22.8 Å². The van der Waals surface area contributed by atoms with Crippen LogP contribution in [0, 0.1) is 11.8 Å². The van der Waals surface area contributed by atoms with Crippen LogP contribution in [0.1, 0.15) is 22.8 Å². The Kier molecular flexibility index (Phi) is 4.51. The van der Waals surface area contributed by atoms with E-state index in [0.717, 1.165) is 12.1 Å². The van der Waals surface area contributed by atoms with E-state index in [-0.39, 0.29) is 23.5 Å². The fourth-order valence-corrected chi connectivity index (χ4v) is 2.92. The summed E-state index contributed by atoms with van der Waals surface area (Å²) in [5.41, 5.74) is -1.49. The van der Waals surface area contributed by atoms with Crippen LogP contribution in [0.3, 0.4) is 0 Å². The minimum Gasteiger partial charge on any atom is -0.481 e. The van der Waals surface area contributed by atoms with Gasteiger partial charge in [-0.15, -0.1) is 0 Å². The van der Waals surface area contributed by atoms with Gasteiger partial charge in [-0.3, -0.25) is 9.59 Å². The molecule has 0 aliphatic carbocycles. The van der Waals surface area contributed by atoms with Crippen molar-refractivity contribution >= 4 is 27.8 Å². The Morgan fingerprint density at radius 1 is 1.32 bits per heavy atom. The fourth-order valence-electron chi connectivity index (χ4n) is 2.56. The number of hydrogen-bond acceptors (Lipinski definition) is 2. The second kappa shape index (κ2) is 5.91. The molecule has 4 nitrogen and oxygen atoms in total. The average Bonchev–Trinajstić information content (AvgIpc) is 2.79. The Balaban J connectivity index is 2.33. The average molecular weight is 380 g/mol. The molecule has 120 valence electrons. The van der Waals surface area contributed by atoms with Crippen LogP contribution < -0.4 is 0 Å². The molecule has 1 amide bonds. The lowest BCUT2D eigenvalue weighted by Gasteiger charge is -2.19. The second-order valence-corrected chi connectivity index (χ2v) is 6.24. The van der Waals surface area contributed by atoms with Gasteiger partial charge in [0.25, 0.3) is 5.91 Å². The molecule has 1 fully saturated rings. The van der Waals surface area contributed by atoms with Crippen molar-refractivity contribution in [3.63, 3.8) is 0 Å². The van der Waals surface area contributed by atoms with Crippen molar-refractivity contribution < 1.29 is 27.9 Å². The van der Waals surface area contributed by atoms with E-state index in [4.69, 9.17) is 5.11 Å². The standard InChI is InChI=1S/C14H13BrF3NO3/c1-7-5-19(6-10(7)13(21)22)12(20)9-3-2-8(15)4-11(9)14(16,17)18/h2-4,7,10H,5-6H2,1H3,(H,21,22)/t7-,10-/m1/s1. The number of aliphatic carboxylic acids is 1. The molecule has 1 aromatic carbocycles. The first-order valence-electron chi connectivity index (χ1n) is 6.50. The number of carbonyl (C=O) groups is 2. The molecule has 2 rings (SSSR count). The van der Waals surface area contributed by atoms with Gasteiger partial charge in [-0.2, -0.15) is 13.2 Å². The molecule has 0 spiro atoms. The first kappa shape index (κ1) is 16.8. The van der Waals surface area contributed by atoms with Crippen LogP contribution in [0.2, 0.25) is 0 Å². The van der Waals surface area contributed by atoms with Crippen LogP contribution in [0.4, 0.5) is 13.2 Å². The molecule has 1 aromatic rings. The molecule has 1 saturated heterocycles. The Morgan fingerprint density at radius 2 is 1.95 bits per heavy atom. The molecule has 8 heteroatoms. The zero-order valence-electron chi connectivity index (χ0n) is 11.5. The van der Waals surface area contributed by atoms with Crippen molar-refractivity contribution in [2.24, 2.45) is 11.8 Å². The fraction of sp³-hybridized carbons (Fsp3) is 0.429. The van der Waals surface area contributed by atoms with Crippen molar-refractivity contribution in [3.05, 3.63) is 33.8 Å². The van der Waals surface area contributed by atoms with E-state index in [1.807, 2.05) is 0 Å². The molecule has 1 N–H and O–H groups in total. The van der Waals surface area contributed by atoms with E-state index in [2.05, 4.69) is 15.9 Å². The lowest BCUT2D eigenvalue weighted by atomic mass is 9.99. The molecular formula is C14H13BrF3NO3. The molecule has 1 aliphatic rings. The maximum absolute atomic E-state index is 13.1. The number of rotatable bonds is 2. The molecule has 0 unspecified atom stereocenters. The predicted molar refractivity (Wildman–Crippen MR) is 75.3 cm³/mol. The normalized spacial score (nSPS) is 22.0. The van der Waals surface area contributed by atoms with Gasteiger partial charge in [-0.1, -0.05) is 22.9 Å². The highest BCUT2D eigenvalue weighted by atomic mass is 79.9. The zero-order chi connectivity index (χ0) is 16.7. The minimum atomic E-state index is -4.66. The molecular weight excluding hydrogens is 367 g/mol. The highest BCUT2D eigenvalue weighted by Crippen LogP contribution is 2.35. The molecule has 1 heterocycles. The van der Waals surface area contributed by atoms with Crippen molar-refractivity contribution in [1.29, 1.82) is 0 Å².